The first-order chi connectivity index (χ1) is 32.1. The van der Waals surface area contributed by atoms with Gasteiger partial charge in [0, 0.05) is 51.3 Å². The third kappa shape index (κ3) is 8.72. The highest BCUT2D eigenvalue weighted by Crippen LogP contribution is 2.57. The molecular formula is C64H64N2. The summed E-state index contributed by atoms with van der Waals surface area (Å²) in [4.78, 5) is 2.29. The summed E-state index contributed by atoms with van der Waals surface area (Å²) in [5, 5.41) is 3.70. The first-order valence-electron chi connectivity index (χ1n) is 23.1. The number of benzene rings is 6. The van der Waals surface area contributed by atoms with Gasteiger partial charge in [0.15, 0.2) is 0 Å². The van der Waals surface area contributed by atoms with Crippen LogP contribution < -0.4 is 4.90 Å². The van der Waals surface area contributed by atoms with E-state index in [0.717, 1.165) is 40.0 Å². The van der Waals surface area contributed by atoms with Gasteiger partial charge in [-0.05, 0) is 122 Å². The van der Waals surface area contributed by atoms with E-state index in [0.29, 0.717) is 0 Å². The van der Waals surface area contributed by atoms with Gasteiger partial charge in [-0.3, -0.25) is 0 Å². The van der Waals surface area contributed by atoms with Crippen LogP contribution >= 0.6 is 0 Å². The Hall–Kier alpha value is -7.42. The topological polar surface area (TPSA) is 8.17 Å². The number of fused-ring (bicyclic) bond motifs is 5. The summed E-state index contributed by atoms with van der Waals surface area (Å²) in [5.74, 6) is 0. The van der Waals surface area contributed by atoms with Crippen LogP contribution in [-0.4, -0.2) is 4.57 Å². The Balaban J connectivity index is 0.000000220. The van der Waals surface area contributed by atoms with Gasteiger partial charge in [-0.2, -0.15) is 0 Å². The van der Waals surface area contributed by atoms with Crippen molar-refractivity contribution in [2.45, 2.75) is 59.3 Å². The van der Waals surface area contributed by atoms with Crippen molar-refractivity contribution in [1.29, 1.82) is 0 Å². The number of anilines is 2. The van der Waals surface area contributed by atoms with Crippen LogP contribution in [0.3, 0.4) is 0 Å². The average molecular weight is 861 g/mol. The van der Waals surface area contributed by atoms with E-state index in [2.05, 4.69) is 224 Å². The molecule has 0 amide bonds. The maximum Gasteiger partial charge on any atom is 0.0543 e. The Labute approximate surface area is 394 Å². The largest absolute Gasteiger partial charge is 0.347 e. The van der Waals surface area contributed by atoms with Crippen molar-refractivity contribution >= 4 is 51.3 Å². The Morgan fingerprint density at radius 2 is 1.45 bits per heavy atom. The zero-order chi connectivity index (χ0) is 47.0. The van der Waals surface area contributed by atoms with E-state index in [9.17, 15) is 0 Å². The van der Waals surface area contributed by atoms with Crippen LogP contribution in [0.25, 0.3) is 51.0 Å². The first-order valence-corrected chi connectivity index (χ1v) is 23.1. The highest BCUT2D eigenvalue weighted by molar-refractivity contribution is 6.01. The lowest BCUT2D eigenvalue weighted by Gasteiger charge is -2.33. The van der Waals surface area contributed by atoms with E-state index in [1.807, 2.05) is 42.5 Å². The molecule has 1 aromatic heterocycles. The predicted octanol–water partition coefficient (Wildman–Crippen LogP) is 17.7. The summed E-state index contributed by atoms with van der Waals surface area (Å²) in [6.07, 6.45) is 25.9. The molecule has 1 atom stereocenters. The smallest absolute Gasteiger partial charge is 0.0543 e. The molecule has 0 saturated carbocycles. The second-order valence-corrected chi connectivity index (χ2v) is 17.2. The minimum atomic E-state index is -0.370. The molecule has 1 heterocycles. The van der Waals surface area contributed by atoms with Crippen LogP contribution in [0.1, 0.15) is 83.8 Å². The second kappa shape index (κ2) is 20.6. The fourth-order valence-electron chi connectivity index (χ4n) is 9.81. The third-order valence-corrected chi connectivity index (χ3v) is 13.3. The molecule has 2 heteroatoms. The van der Waals surface area contributed by atoms with Crippen molar-refractivity contribution in [1.82, 2.24) is 4.57 Å². The molecule has 0 saturated heterocycles. The number of rotatable bonds is 11. The van der Waals surface area contributed by atoms with Crippen LogP contribution in [0.15, 0.2) is 208 Å². The standard InChI is InChI=1S/C41H35N.C16H19N.C7H10/c1-7-17-31(8-2)42(38-23-16-19-29-18-14-15-22-34(29)38)39-27-37-40(33(10-4)32(39)9-3)35-25-24-28(5)26-36(35)41(37,6)30-20-12-11-13-21-30;1-5-7-10-14-12(3)17(4)15-11-8-9-13(6-2)16(14)15;1-7-5-3-2-4-6-7/h7-27H,1-4H2,5-6H3;5,7-11H,1,6H2,2-4H3;3,5-6H,2,4H2,1H3/b31-17+;10-7-;. The fourth-order valence-corrected chi connectivity index (χ4v) is 9.81. The van der Waals surface area contributed by atoms with Crippen molar-refractivity contribution in [2.75, 3.05) is 4.90 Å². The third-order valence-electron chi connectivity index (χ3n) is 13.3. The van der Waals surface area contributed by atoms with Crippen LogP contribution in [0.2, 0.25) is 0 Å². The molecule has 2 aliphatic rings. The maximum absolute atomic E-state index is 4.34. The zero-order valence-corrected chi connectivity index (χ0v) is 39.9. The van der Waals surface area contributed by atoms with Gasteiger partial charge < -0.3 is 9.47 Å². The second-order valence-electron chi connectivity index (χ2n) is 17.2. The average Bonchev–Trinajstić information content (AvgIpc) is 3.75. The van der Waals surface area contributed by atoms with Crippen LogP contribution in [0.4, 0.5) is 11.4 Å². The van der Waals surface area contributed by atoms with Crippen LogP contribution in [0, 0.1) is 13.8 Å². The van der Waals surface area contributed by atoms with Gasteiger partial charge in [0.1, 0.15) is 0 Å². The van der Waals surface area contributed by atoms with Gasteiger partial charge >= 0.3 is 0 Å². The van der Waals surface area contributed by atoms with E-state index in [-0.39, 0.29) is 5.41 Å². The number of aromatic nitrogens is 1. The lowest BCUT2D eigenvalue weighted by molar-refractivity contribution is 0.713. The van der Waals surface area contributed by atoms with Crippen molar-refractivity contribution in [3.63, 3.8) is 0 Å². The molecule has 66 heavy (non-hydrogen) atoms. The summed E-state index contributed by atoms with van der Waals surface area (Å²) in [6.45, 7) is 31.7. The molecule has 9 rings (SSSR count). The Morgan fingerprint density at radius 3 is 2.11 bits per heavy atom. The quantitative estimate of drug-likeness (QED) is 0.118. The van der Waals surface area contributed by atoms with Crippen LogP contribution in [-0.2, 0) is 18.9 Å². The molecule has 2 aliphatic carbocycles. The van der Waals surface area contributed by atoms with Crippen molar-refractivity contribution < 1.29 is 0 Å². The summed E-state index contributed by atoms with van der Waals surface area (Å²) in [7, 11) is 2.13. The van der Waals surface area contributed by atoms with E-state index in [1.165, 1.54) is 84.9 Å². The van der Waals surface area contributed by atoms with E-state index >= 15 is 0 Å². The van der Waals surface area contributed by atoms with Crippen molar-refractivity contribution in [3.8, 4) is 11.1 Å². The van der Waals surface area contributed by atoms with Gasteiger partial charge in [0.05, 0.1) is 11.4 Å². The summed E-state index contributed by atoms with van der Waals surface area (Å²) >= 11 is 0. The van der Waals surface area contributed by atoms with Gasteiger partial charge in [-0.25, -0.2) is 0 Å². The van der Waals surface area contributed by atoms with E-state index in [1.54, 1.807) is 0 Å². The zero-order valence-electron chi connectivity index (χ0n) is 39.9. The molecule has 1 unspecified atom stereocenters. The molecule has 0 aliphatic heterocycles. The predicted molar refractivity (Wildman–Crippen MR) is 292 cm³/mol. The number of hydrogen-bond donors (Lipinski definition) is 0. The summed E-state index contributed by atoms with van der Waals surface area (Å²) in [5.41, 5.74) is 19.0. The number of nitrogens with zero attached hydrogens (tertiary/aromatic N) is 2. The molecule has 0 N–H and O–H groups in total. The van der Waals surface area contributed by atoms with Gasteiger partial charge in [0.2, 0.25) is 0 Å². The molecule has 0 radical (unpaired) electrons. The Morgan fingerprint density at radius 1 is 0.727 bits per heavy atom. The SMILES string of the molecule is C=C/C=C(\C=C)N(c1cc2c(c(C=C)c1C=C)-c1ccc(C)cc1C2(C)c1ccccc1)c1cccc2ccccc12.C=C/C=C\c1c(C)n(C)c2cccc(CC)c12.CC1=CCCC=C1. The first kappa shape index (κ1) is 46.6. The minimum absolute atomic E-state index is 0.370. The lowest BCUT2D eigenvalue weighted by atomic mass is 9.73. The Bertz CT molecular complexity index is 3100. The molecule has 0 spiro atoms. The van der Waals surface area contributed by atoms with Gasteiger partial charge in [-0.1, -0.05) is 203 Å². The number of allylic oxidation sites excluding steroid dienone is 9. The minimum Gasteiger partial charge on any atom is -0.347 e. The highest BCUT2D eigenvalue weighted by atomic mass is 15.2. The monoisotopic (exact) mass is 861 g/mol. The molecule has 0 bridgehead atoms. The maximum atomic E-state index is 4.34. The van der Waals surface area contributed by atoms with Gasteiger partial charge in [-0.15, -0.1) is 0 Å². The van der Waals surface area contributed by atoms with Crippen molar-refractivity contribution in [2.24, 2.45) is 7.05 Å². The molecule has 6 aromatic carbocycles. The molecule has 330 valence electrons. The highest BCUT2D eigenvalue weighted by Gasteiger charge is 2.43. The number of hydrogen-bond acceptors (Lipinski definition) is 1. The Kier molecular flexibility index (Phi) is 14.5. The van der Waals surface area contributed by atoms with E-state index in [4.69, 9.17) is 0 Å². The number of aryl methyl sites for hydroxylation is 3. The molecule has 2 nitrogen and oxygen atoms in total. The summed E-state index contributed by atoms with van der Waals surface area (Å²) < 4.78 is 2.26. The summed E-state index contributed by atoms with van der Waals surface area (Å²) in [6, 6.07) is 41.5. The van der Waals surface area contributed by atoms with Crippen molar-refractivity contribution in [3.05, 3.63) is 258 Å². The fraction of sp³-hybridized carbons (Fsp3) is 0.156. The van der Waals surface area contributed by atoms with Crippen LogP contribution in [0.5, 0.6) is 0 Å². The molecule has 7 aromatic rings. The molecular weight excluding hydrogens is 797 g/mol. The van der Waals surface area contributed by atoms with E-state index < -0.39 is 0 Å². The lowest BCUT2D eigenvalue weighted by Crippen LogP contribution is -2.24. The van der Waals surface area contributed by atoms with Gasteiger partial charge in [0.25, 0.3) is 0 Å². The normalized spacial score (nSPS) is 14.9. The molecule has 0 fully saturated rings.